The van der Waals surface area contributed by atoms with Gasteiger partial charge in [0.25, 0.3) is 0 Å². The first-order chi connectivity index (χ1) is 15.7. The molecule has 0 radical (unpaired) electrons. The van der Waals surface area contributed by atoms with Crippen LogP contribution in [0.5, 0.6) is 0 Å². The van der Waals surface area contributed by atoms with Gasteiger partial charge in [0, 0.05) is 25.8 Å². The van der Waals surface area contributed by atoms with Gasteiger partial charge in [0.15, 0.2) is 6.04 Å². The third kappa shape index (κ3) is 5.36. The van der Waals surface area contributed by atoms with E-state index in [0.29, 0.717) is 5.03 Å². The molecule has 1 aromatic rings. The molecule has 1 N–H and O–H groups in total. The molecule has 2 aliphatic rings. The van der Waals surface area contributed by atoms with Crippen molar-refractivity contribution >= 4 is 41.5 Å². The topological polar surface area (TPSA) is 128 Å². The van der Waals surface area contributed by atoms with Crippen LogP contribution >= 0.6 is 11.8 Å². The second kappa shape index (κ2) is 10.5. The van der Waals surface area contributed by atoms with Gasteiger partial charge in [-0.2, -0.15) is 0 Å². The highest BCUT2D eigenvalue weighted by atomic mass is 32.2. The molecule has 1 aromatic carbocycles. The van der Waals surface area contributed by atoms with E-state index in [9.17, 15) is 24.0 Å². The Morgan fingerprint density at radius 1 is 1.06 bits per heavy atom. The highest BCUT2D eigenvalue weighted by Gasteiger charge is 2.58. The van der Waals surface area contributed by atoms with Crippen LogP contribution in [-0.2, 0) is 38.2 Å². The molecular weight excluding hydrogens is 452 g/mol. The molecule has 1 fully saturated rings. The van der Waals surface area contributed by atoms with E-state index < -0.39 is 47.9 Å². The normalized spacial score (nSPS) is 21.5. The van der Waals surface area contributed by atoms with Gasteiger partial charge in [0.1, 0.15) is 12.0 Å². The van der Waals surface area contributed by atoms with Gasteiger partial charge < -0.3 is 24.4 Å². The third-order valence-electron chi connectivity index (χ3n) is 5.03. The van der Waals surface area contributed by atoms with Crippen molar-refractivity contribution < 1.29 is 38.2 Å². The number of thioether (sulfide) groups is 1. The molecule has 2 aliphatic heterocycles. The third-order valence-corrected chi connectivity index (χ3v) is 6.37. The molecule has 2 amide bonds. The van der Waals surface area contributed by atoms with Crippen molar-refractivity contribution in [3.63, 3.8) is 0 Å². The van der Waals surface area contributed by atoms with Crippen LogP contribution in [0.4, 0.5) is 0 Å². The number of ether oxygens (including phenoxy) is 3. The molecule has 11 heteroatoms. The van der Waals surface area contributed by atoms with Crippen LogP contribution in [0.1, 0.15) is 38.7 Å². The summed E-state index contributed by atoms with van der Waals surface area (Å²) >= 11 is 1.20. The lowest BCUT2D eigenvalue weighted by Crippen LogP contribution is -2.66. The van der Waals surface area contributed by atoms with Crippen LogP contribution in [0, 0.1) is 0 Å². The Morgan fingerprint density at radius 2 is 1.76 bits per heavy atom. The molecule has 0 spiro atoms. The Labute approximate surface area is 194 Å². The summed E-state index contributed by atoms with van der Waals surface area (Å²) in [4.78, 5) is 62.2. The minimum absolute atomic E-state index is 0.105. The minimum Gasteiger partial charge on any atom is -0.461 e. The SMILES string of the molecule is CCC(=O)OCOC(=O)C1C(COC(C)=O)=C(NC(C)=O)S[C@@H]2C(c3ccccc3)C(=O)N12. The number of β-lactam (4-membered cyclic amide) rings is 1. The fourth-order valence-corrected chi connectivity index (χ4v) is 5.04. The molecule has 0 aliphatic carbocycles. The number of hydrogen-bond donors (Lipinski definition) is 1. The zero-order valence-corrected chi connectivity index (χ0v) is 19.2. The van der Waals surface area contributed by atoms with Crippen LogP contribution in [0.25, 0.3) is 0 Å². The fraction of sp³-hybridized carbons (Fsp3) is 0.409. The van der Waals surface area contributed by atoms with E-state index in [2.05, 4.69) is 5.32 Å². The molecule has 3 atom stereocenters. The Hall–Kier alpha value is -3.34. The average Bonchev–Trinajstić information content (AvgIpc) is 2.77. The van der Waals surface area contributed by atoms with E-state index in [0.717, 1.165) is 5.56 Å². The molecule has 33 heavy (non-hydrogen) atoms. The number of carbonyl (C=O) groups excluding carboxylic acids is 5. The summed E-state index contributed by atoms with van der Waals surface area (Å²) in [6.07, 6.45) is 0.105. The Balaban J connectivity index is 1.95. The first-order valence-electron chi connectivity index (χ1n) is 10.2. The van der Waals surface area contributed by atoms with Crippen molar-refractivity contribution in [2.45, 2.75) is 44.5 Å². The number of amides is 2. The lowest BCUT2D eigenvalue weighted by molar-refractivity contribution is -0.175. The molecule has 2 heterocycles. The van der Waals surface area contributed by atoms with Crippen molar-refractivity contribution in [3.05, 3.63) is 46.5 Å². The number of benzene rings is 1. The maximum atomic E-state index is 13.2. The lowest BCUT2D eigenvalue weighted by atomic mass is 9.86. The summed E-state index contributed by atoms with van der Waals surface area (Å²) in [6.45, 7) is 3.14. The van der Waals surface area contributed by atoms with Gasteiger partial charge in [-0.3, -0.25) is 19.2 Å². The van der Waals surface area contributed by atoms with Crippen molar-refractivity contribution in [1.29, 1.82) is 0 Å². The monoisotopic (exact) mass is 476 g/mol. The van der Waals surface area contributed by atoms with Gasteiger partial charge in [0.2, 0.25) is 18.6 Å². The summed E-state index contributed by atoms with van der Waals surface area (Å²) < 4.78 is 15.0. The van der Waals surface area contributed by atoms with Gasteiger partial charge in [0.05, 0.1) is 10.9 Å². The Bertz CT molecular complexity index is 993. The molecule has 1 saturated heterocycles. The van der Waals surface area contributed by atoms with Gasteiger partial charge in [-0.15, -0.1) is 0 Å². The predicted molar refractivity (Wildman–Crippen MR) is 116 cm³/mol. The number of carbonyl (C=O) groups is 5. The number of fused-ring (bicyclic) bond motifs is 1. The first-order valence-corrected chi connectivity index (χ1v) is 11.1. The van der Waals surface area contributed by atoms with Crippen LogP contribution in [0.15, 0.2) is 40.9 Å². The average molecular weight is 477 g/mol. The number of nitrogens with one attached hydrogen (secondary N) is 1. The minimum atomic E-state index is -1.26. The quantitative estimate of drug-likeness (QED) is 0.336. The summed E-state index contributed by atoms with van der Waals surface area (Å²) in [5.41, 5.74) is 0.971. The molecule has 176 valence electrons. The molecular formula is C22H24N2O8S. The molecule has 10 nitrogen and oxygen atoms in total. The van der Waals surface area contributed by atoms with E-state index in [1.807, 2.05) is 30.3 Å². The molecule has 0 aromatic heterocycles. The van der Waals surface area contributed by atoms with E-state index in [1.165, 1.54) is 30.5 Å². The van der Waals surface area contributed by atoms with Crippen molar-refractivity contribution in [2.75, 3.05) is 13.4 Å². The fourth-order valence-electron chi connectivity index (χ4n) is 3.53. The van der Waals surface area contributed by atoms with Crippen molar-refractivity contribution in [2.24, 2.45) is 0 Å². The van der Waals surface area contributed by atoms with E-state index in [1.54, 1.807) is 6.92 Å². The zero-order chi connectivity index (χ0) is 24.1. The molecule has 2 unspecified atom stereocenters. The summed E-state index contributed by atoms with van der Waals surface area (Å²) in [5, 5.41) is 2.49. The van der Waals surface area contributed by atoms with Gasteiger partial charge in [-0.1, -0.05) is 49.0 Å². The summed E-state index contributed by atoms with van der Waals surface area (Å²) in [5.74, 6) is -3.26. The lowest BCUT2D eigenvalue weighted by Gasteiger charge is -2.53. The summed E-state index contributed by atoms with van der Waals surface area (Å²) in [7, 11) is 0. The molecule has 3 rings (SSSR count). The smallest absolute Gasteiger partial charge is 0.336 e. The van der Waals surface area contributed by atoms with Crippen molar-refractivity contribution in [3.8, 4) is 0 Å². The van der Waals surface area contributed by atoms with Crippen LogP contribution in [0.2, 0.25) is 0 Å². The second-order valence-electron chi connectivity index (χ2n) is 7.31. The number of nitrogens with zero attached hydrogens (tertiary/aromatic N) is 1. The van der Waals surface area contributed by atoms with E-state index >= 15 is 0 Å². The second-order valence-corrected chi connectivity index (χ2v) is 8.44. The predicted octanol–water partition coefficient (Wildman–Crippen LogP) is 1.42. The Kier molecular flexibility index (Phi) is 7.75. The van der Waals surface area contributed by atoms with Crippen LogP contribution < -0.4 is 5.32 Å². The highest BCUT2D eigenvalue weighted by molar-refractivity contribution is 8.03. The molecule has 0 bridgehead atoms. The molecule has 0 saturated carbocycles. The largest absolute Gasteiger partial charge is 0.461 e. The highest BCUT2D eigenvalue weighted by Crippen LogP contribution is 2.50. The maximum Gasteiger partial charge on any atom is 0.336 e. The number of rotatable bonds is 8. The zero-order valence-electron chi connectivity index (χ0n) is 18.4. The summed E-state index contributed by atoms with van der Waals surface area (Å²) in [6, 6.07) is 7.82. The van der Waals surface area contributed by atoms with Gasteiger partial charge >= 0.3 is 17.9 Å². The van der Waals surface area contributed by atoms with Crippen LogP contribution in [0.3, 0.4) is 0 Å². The van der Waals surface area contributed by atoms with Crippen LogP contribution in [-0.4, -0.2) is 59.4 Å². The number of esters is 3. The van der Waals surface area contributed by atoms with Gasteiger partial charge in [-0.25, -0.2) is 4.79 Å². The maximum absolute atomic E-state index is 13.2. The number of hydrogen-bond acceptors (Lipinski definition) is 9. The van der Waals surface area contributed by atoms with Crippen molar-refractivity contribution in [1.82, 2.24) is 10.2 Å². The van der Waals surface area contributed by atoms with E-state index in [4.69, 9.17) is 14.2 Å². The standard InChI is InChI=1S/C22H24N2O8S/c1-4-16(27)31-11-32-22(29)18-15(10-30-13(3)26)19(23-12(2)25)33-21-17(20(28)24(18)21)14-8-6-5-7-9-14/h5-9,17-18,21H,4,10-11H2,1-3H3,(H,23,25)/t17?,18?,21-/m1/s1. The van der Waals surface area contributed by atoms with Gasteiger partial charge in [-0.05, 0) is 5.56 Å². The Morgan fingerprint density at radius 3 is 2.36 bits per heavy atom. The first kappa shape index (κ1) is 24.3. The van der Waals surface area contributed by atoms with E-state index in [-0.39, 0.29) is 24.5 Å².